The van der Waals surface area contributed by atoms with Gasteiger partial charge < -0.3 is 15.4 Å². The van der Waals surface area contributed by atoms with Gasteiger partial charge in [-0.2, -0.15) is 0 Å². The number of carbonyl (C=O) groups excluding carboxylic acids is 1. The summed E-state index contributed by atoms with van der Waals surface area (Å²) in [7, 11) is 1.73. The fourth-order valence-electron chi connectivity index (χ4n) is 4.89. The molecule has 0 saturated carbocycles. The van der Waals surface area contributed by atoms with E-state index < -0.39 is 0 Å². The number of fused-ring (bicyclic) bond motifs is 3. The Labute approximate surface area is 183 Å². The van der Waals surface area contributed by atoms with Crippen molar-refractivity contribution in [3.05, 3.63) is 101 Å². The molecule has 3 aromatic carbocycles. The second-order valence-corrected chi connectivity index (χ2v) is 8.34. The Bertz CT molecular complexity index is 1170. The third kappa shape index (κ3) is 3.59. The number of anilines is 2. The van der Waals surface area contributed by atoms with Crippen LogP contribution in [0.4, 0.5) is 11.4 Å². The normalized spacial score (nSPS) is 21.0. The van der Waals surface area contributed by atoms with E-state index in [1.165, 1.54) is 11.1 Å². The number of rotatable bonds is 4. The van der Waals surface area contributed by atoms with E-state index in [-0.39, 0.29) is 11.9 Å². The van der Waals surface area contributed by atoms with Crippen LogP contribution in [0.5, 0.6) is 5.75 Å². The van der Waals surface area contributed by atoms with Crippen LogP contribution in [0.25, 0.3) is 0 Å². The van der Waals surface area contributed by atoms with Gasteiger partial charge in [0.2, 0.25) is 0 Å². The number of allylic oxidation sites excluding steroid dienone is 2. The summed E-state index contributed by atoms with van der Waals surface area (Å²) in [6.45, 7) is 1.99. The molecular formula is C27H26N2O2. The van der Waals surface area contributed by atoms with Crippen molar-refractivity contribution in [2.45, 2.75) is 25.3 Å². The van der Waals surface area contributed by atoms with Crippen molar-refractivity contribution in [1.82, 2.24) is 0 Å². The molecule has 4 nitrogen and oxygen atoms in total. The van der Waals surface area contributed by atoms with E-state index in [0.717, 1.165) is 29.1 Å². The zero-order valence-electron chi connectivity index (χ0n) is 17.8. The zero-order valence-corrected chi connectivity index (χ0v) is 17.8. The van der Waals surface area contributed by atoms with Gasteiger partial charge in [-0.05, 0) is 61.2 Å². The van der Waals surface area contributed by atoms with Crippen molar-refractivity contribution in [3.8, 4) is 5.75 Å². The number of benzene rings is 3. The molecule has 1 aliphatic carbocycles. The highest BCUT2D eigenvalue weighted by atomic mass is 16.5. The zero-order chi connectivity index (χ0) is 21.4. The van der Waals surface area contributed by atoms with E-state index in [2.05, 4.69) is 47.1 Å². The first-order valence-electron chi connectivity index (χ1n) is 10.7. The minimum atomic E-state index is -0.0853. The maximum Gasteiger partial charge on any atom is 0.255 e. The van der Waals surface area contributed by atoms with E-state index in [9.17, 15) is 4.79 Å². The molecule has 0 fully saturated rings. The third-order valence-corrected chi connectivity index (χ3v) is 6.37. The van der Waals surface area contributed by atoms with Crippen LogP contribution in [-0.4, -0.2) is 13.0 Å². The Kier molecular flexibility index (Phi) is 4.99. The van der Waals surface area contributed by atoms with Gasteiger partial charge in [0, 0.05) is 28.4 Å². The number of hydrogen-bond acceptors (Lipinski definition) is 3. The quantitative estimate of drug-likeness (QED) is 0.512. The van der Waals surface area contributed by atoms with Gasteiger partial charge in [-0.3, -0.25) is 4.79 Å². The summed E-state index contributed by atoms with van der Waals surface area (Å²) >= 11 is 0. The lowest BCUT2D eigenvalue weighted by molar-refractivity contribution is 0.102. The highest BCUT2D eigenvalue weighted by Gasteiger charge is 2.39. The van der Waals surface area contributed by atoms with Gasteiger partial charge in [-0.15, -0.1) is 0 Å². The SMILES string of the molecule is COc1ccccc1C1Nc2ccc(NC(=O)c3cccc(C)c3)cc2C2C=CCC21. The molecule has 1 heterocycles. The monoisotopic (exact) mass is 410 g/mol. The molecule has 5 rings (SSSR count). The summed E-state index contributed by atoms with van der Waals surface area (Å²) in [6.07, 6.45) is 5.59. The molecule has 3 unspecified atom stereocenters. The molecule has 0 aromatic heterocycles. The van der Waals surface area contributed by atoms with E-state index in [1.54, 1.807) is 7.11 Å². The maximum atomic E-state index is 12.7. The lowest BCUT2D eigenvalue weighted by Crippen LogP contribution is -2.29. The third-order valence-electron chi connectivity index (χ3n) is 6.37. The second-order valence-electron chi connectivity index (χ2n) is 8.34. The van der Waals surface area contributed by atoms with Gasteiger partial charge in [-0.25, -0.2) is 0 Å². The van der Waals surface area contributed by atoms with Crippen LogP contribution in [0.1, 0.15) is 45.4 Å². The summed E-state index contributed by atoms with van der Waals surface area (Å²) in [5, 5.41) is 6.81. The first kappa shape index (κ1) is 19.4. The minimum absolute atomic E-state index is 0.0853. The molecular weight excluding hydrogens is 384 g/mol. The lowest BCUT2D eigenvalue weighted by atomic mass is 9.76. The molecule has 1 aliphatic heterocycles. The summed E-state index contributed by atoms with van der Waals surface area (Å²) in [5.41, 5.74) is 6.09. The number of para-hydroxylation sites is 1. The topological polar surface area (TPSA) is 50.4 Å². The molecule has 31 heavy (non-hydrogen) atoms. The van der Waals surface area contributed by atoms with Crippen molar-refractivity contribution < 1.29 is 9.53 Å². The van der Waals surface area contributed by atoms with Crippen LogP contribution in [0, 0.1) is 12.8 Å². The van der Waals surface area contributed by atoms with E-state index in [1.807, 2.05) is 49.4 Å². The molecule has 4 heteroatoms. The first-order chi connectivity index (χ1) is 15.1. The number of nitrogens with one attached hydrogen (secondary N) is 2. The molecule has 0 radical (unpaired) electrons. The van der Waals surface area contributed by atoms with Gasteiger partial charge in [0.15, 0.2) is 0 Å². The predicted octanol–water partition coefficient (Wildman–Crippen LogP) is 6.08. The number of methoxy groups -OCH3 is 1. The average molecular weight is 411 g/mol. The highest BCUT2D eigenvalue weighted by Crippen LogP contribution is 2.51. The number of carbonyl (C=O) groups is 1. The van der Waals surface area contributed by atoms with E-state index in [4.69, 9.17) is 4.74 Å². The fraction of sp³-hybridized carbons (Fsp3) is 0.222. The van der Waals surface area contributed by atoms with Crippen molar-refractivity contribution in [3.63, 3.8) is 0 Å². The molecule has 3 atom stereocenters. The van der Waals surface area contributed by atoms with Crippen LogP contribution >= 0.6 is 0 Å². The van der Waals surface area contributed by atoms with Crippen LogP contribution in [0.15, 0.2) is 78.9 Å². The Morgan fingerprint density at radius 3 is 2.74 bits per heavy atom. The standard InChI is InChI=1S/C27H26N2O2/c1-17-7-5-8-18(15-17)27(30)28-19-13-14-24-23(16-19)20-10-6-11-21(20)26(29-24)22-9-3-4-12-25(22)31-2/h3-10,12-16,20-21,26,29H,11H2,1-2H3,(H,28,30). The Morgan fingerprint density at radius 1 is 1.03 bits per heavy atom. The second kappa shape index (κ2) is 7.95. The Balaban J connectivity index is 1.45. The van der Waals surface area contributed by atoms with Crippen LogP contribution in [-0.2, 0) is 0 Å². The summed E-state index contributed by atoms with van der Waals surface area (Å²) < 4.78 is 5.64. The number of amides is 1. The molecule has 156 valence electrons. The maximum absolute atomic E-state index is 12.7. The molecule has 0 bridgehead atoms. The molecule has 3 aromatic rings. The van der Waals surface area contributed by atoms with Crippen LogP contribution < -0.4 is 15.4 Å². The number of ether oxygens (including phenoxy) is 1. The van der Waals surface area contributed by atoms with Gasteiger partial charge in [-0.1, -0.05) is 48.0 Å². The summed E-state index contributed by atoms with van der Waals surface area (Å²) in [4.78, 5) is 12.7. The molecule has 2 N–H and O–H groups in total. The first-order valence-corrected chi connectivity index (χ1v) is 10.7. The number of aryl methyl sites for hydroxylation is 1. The molecule has 0 spiro atoms. The van der Waals surface area contributed by atoms with Crippen molar-refractivity contribution in [1.29, 1.82) is 0 Å². The van der Waals surface area contributed by atoms with Gasteiger partial charge in [0.25, 0.3) is 5.91 Å². The number of hydrogen-bond donors (Lipinski definition) is 2. The summed E-state index contributed by atoms with van der Waals surface area (Å²) in [6, 6.07) is 22.2. The summed E-state index contributed by atoms with van der Waals surface area (Å²) in [5.74, 6) is 1.54. The van der Waals surface area contributed by atoms with Gasteiger partial charge in [0.05, 0.1) is 13.2 Å². The Morgan fingerprint density at radius 2 is 1.90 bits per heavy atom. The van der Waals surface area contributed by atoms with Gasteiger partial charge >= 0.3 is 0 Å². The lowest BCUT2D eigenvalue weighted by Gasteiger charge is -2.38. The largest absolute Gasteiger partial charge is 0.496 e. The average Bonchev–Trinajstić information content (AvgIpc) is 3.29. The van der Waals surface area contributed by atoms with Crippen LogP contribution in [0.2, 0.25) is 0 Å². The van der Waals surface area contributed by atoms with Crippen LogP contribution in [0.3, 0.4) is 0 Å². The van der Waals surface area contributed by atoms with Gasteiger partial charge in [0.1, 0.15) is 5.75 Å². The van der Waals surface area contributed by atoms with Crippen molar-refractivity contribution >= 4 is 17.3 Å². The molecule has 1 amide bonds. The van der Waals surface area contributed by atoms with Crippen molar-refractivity contribution in [2.24, 2.45) is 5.92 Å². The minimum Gasteiger partial charge on any atom is -0.496 e. The molecule has 0 saturated heterocycles. The fourth-order valence-corrected chi connectivity index (χ4v) is 4.89. The highest BCUT2D eigenvalue weighted by molar-refractivity contribution is 6.04. The molecule has 2 aliphatic rings. The van der Waals surface area contributed by atoms with Crippen molar-refractivity contribution in [2.75, 3.05) is 17.7 Å². The Hall–Kier alpha value is -3.53. The van der Waals surface area contributed by atoms with E-state index >= 15 is 0 Å². The smallest absolute Gasteiger partial charge is 0.255 e. The van der Waals surface area contributed by atoms with E-state index in [0.29, 0.717) is 17.4 Å². The predicted molar refractivity (Wildman–Crippen MR) is 125 cm³/mol.